The first-order valence-corrected chi connectivity index (χ1v) is 9.76. The van der Waals surface area contributed by atoms with Crippen LogP contribution in [0.1, 0.15) is 35.4 Å². The van der Waals surface area contributed by atoms with Crippen LogP contribution in [0.25, 0.3) is 0 Å². The van der Waals surface area contributed by atoms with Crippen LogP contribution >= 0.6 is 11.3 Å². The van der Waals surface area contributed by atoms with Gasteiger partial charge in [0.05, 0.1) is 4.88 Å². The molecule has 0 saturated carbocycles. The number of nitrogens with one attached hydrogen (secondary N) is 2. The Morgan fingerprint density at radius 3 is 2.46 bits per heavy atom. The van der Waals surface area contributed by atoms with Gasteiger partial charge in [0.2, 0.25) is 0 Å². The van der Waals surface area contributed by atoms with Gasteiger partial charge in [-0.1, -0.05) is 43.7 Å². The van der Waals surface area contributed by atoms with E-state index in [0.29, 0.717) is 0 Å². The molecule has 1 heterocycles. The van der Waals surface area contributed by atoms with Gasteiger partial charge in [-0.25, -0.2) is 4.79 Å². The van der Waals surface area contributed by atoms with Crippen LogP contribution in [0.2, 0.25) is 0 Å². The normalized spacial score (nSPS) is 12.4. The van der Waals surface area contributed by atoms with Gasteiger partial charge >= 0.3 is 12.2 Å². The molecule has 2 rings (SSSR count). The first kappa shape index (κ1) is 21.9. The summed E-state index contributed by atoms with van der Waals surface area (Å²) in [5.74, 6) is -0.663. The van der Waals surface area contributed by atoms with Crippen molar-refractivity contribution in [3.8, 4) is 0 Å². The maximum absolute atomic E-state index is 12.1. The second-order valence-corrected chi connectivity index (χ2v) is 7.25. The molecule has 0 aliphatic rings. The average Bonchev–Trinajstić information content (AvgIpc) is 3.15. The molecule has 0 aliphatic heterocycles. The standard InChI is InChI=1S/C19H22F3N3O2S/c1-2-4-13-6-8-14(9-7-13)17(15-5-3-10-28-15)23-11-16(26)25-18(27)24-12-19(20,21)22/h3,5-10,17,23H,2,4,11-12H2,1H3,(H2,24,25,26,27)/p+1/t17-/m0/s1. The van der Waals surface area contributed by atoms with Crippen molar-refractivity contribution in [2.75, 3.05) is 13.1 Å². The third-order valence-corrected chi connectivity index (χ3v) is 4.92. The molecule has 5 nitrogen and oxygen atoms in total. The molecule has 0 fully saturated rings. The Labute approximate surface area is 165 Å². The average molecular weight is 414 g/mol. The molecule has 0 radical (unpaired) electrons. The van der Waals surface area contributed by atoms with Crippen LogP contribution in [0.4, 0.5) is 18.0 Å². The minimum absolute atomic E-state index is 0.0985. The summed E-state index contributed by atoms with van der Waals surface area (Å²) in [7, 11) is 0. The molecule has 9 heteroatoms. The van der Waals surface area contributed by atoms with Gasteiger partial charge < -0.3 is 10.6 Å². The van der Waals surface area contributed by atoms with Gasteiger partial charge in [0, 0.05) is 5.56 Å². The topological polar surface area (TPSA) is 74.8 Å². The predicted octanol–water partition coefficient (Wildman–Crippen LogP) is 2.74. The van der Waals surface area contributed by atoms with E-state index in [4.69, 9.17) is 0 Å². The fourth-order valence-corrected chi connectivity index (χ4v) is 3.54. The smallest absolute Gasteiger partial charge is 0.329 e. The molecule has 2 aromatic rings. The number of imide groups is 1. The van der Waals surface area contributed by atoms with E-state index in [2.05, 4.69) is 19.1 Å². The summed E-state index contributed by atoms with van der Waals surface area (Å²) in [6.07, 6.45) is -2.49. The highest BCUT2D eigenvalue weighted by molar-refractivity contribution is 7.10. The van der Waals surface area contributed by atoms with E-state index < -0.39 is 24.7 Å². The van der Waals surface area contributed by atoms with Crippen LogP contribution in [-0.2, 0) is 11.2 Å². The van der Waals surface area contributed by atoms with E-state index >= 15 is 0 Å². The van der Waals surface area contributed by atoms with Crippen molar-refractivity contribution in [3.63, 3.8) is 0 Å². The summed E-state index contributed by atoms with van der Waals surface area (Å²) in [4.78, 5) is 24.4. The lowest BCUT2D eigenvalue weighted by Crippen LogP contribution is -2.87. The number of hydrogen-bond acceptors (Lipinski definition) is 3. The van der Waals surface area contributed by atoms with Gasteiger partial charge in [0.15, 0.2) is 6.54 Å². The molecule has 3 amide bonds. The number of rotatable bonds is 8. The molecule has 0 saturated heterocycles. The molecule has 1 atom stereocenters. The third kappa shape index (κ3) is 7.32. The SMILES string of the molecule is CCCc1ccc([C@H]([NH2+]CC(=O)NC(=O)NCC(F)(F)F)c2cccs2)cc1. The van der Waals surface area contributed by atoms with Crippen LogP contribution in [0.15, 0.2) is 41.8 Å². The number of thiophene rings is 1. The summed E-state index contributed by atoms with van der Waals surface area (Å²) >= 11 is 1.55. The molecular formula is C19H23F3N3O2S+. The molecule has 1 aromatic carbocycles. The first-order chi connectivity index (χ1) is 13.3. The number of nitrogens with two attached hydrogens (primary N) is 1. The molecule has 0 spiro atoms. The maximum atomic E-state index is 12.1. The van der Waals surface area contributed by atoms with Gasteiger partial charge in [-0.15, -0.1) is 11.3 Å². The van der Waals surface area contributed by atoms with Crippen LogP contribution < -0.4 is 16.0 Å². The summed E-state index contributed by atoms with van der Waals surface area (Å²) in [5.41, 5.74) is 2.24. The maximum Gasteiger partial charge on any atom is 0.405 e. The van der Waals surface area contributed by atoms with Gasteiger partial charge in [0.25, 0.3) is 5.91 Å². The van der Waals surface area contributed by atoms with Crippen molar-refractivity contribution >= 4 is 23.3 Å². The molecule has 0 aliphatic carbocycles. The monoisotopic (exact) mass is 414 g/mol. The van der Waals surface area contributed by atoms with Crippen molar-refractivity contribution in [2.45, 2.75) is 32.0 Å². The van der Waals surface area contributed by atoms with Crippen molar-refractivity contribution in [3.05, 3.63) is 57.8 Å². The Morgan fingerprint density at radius 1 is 1.18 bits per heavy atom. The largest absolute Gasteiger partial charge is 0.405 e. The Bertz CT molecular complexity index is 762. The van der Waals surface area contributed by atoms with Crippen molar-refractivity contribution in [1.29, 1.82) is 0 Å². The van der Waals surface area contributed by atoms with Crippen molar-refractivity contribution < 1.29 is 28.1 Å². The minimum atomic E-state index is -4.53. The number of hydrogen-bond donors (Lipinski definition) is 3. The van der Waals surface area contributed by atoms with Crippen LogP contribution in [0.5, 0.6) is 0 Å². The fourth-order valence-electron chi connectivity index (χ4n) is 2.69. The number of alkyl halides is 3. The fraction of sp³-hybridized carbons (Fsp3) is 0.368. The Balaban J connectivity index is 1.96. The zero-order chi connectivity index (χ0) is 20.6. The zero-order valence-electron chi connectivity index (χ0n) is 15.4. The molecule has 0 bridgehead atoms. The van der Waals surface area contributed by atoms with Gasteiger partial charge in [0.1, 0.15) is 12.6 Å². The number of amides is 3. The van der Waals surface area contributed by atoms with Crippen LogP contribution in [-0.4, -0.2) is 31.2 Å². The van der Waals surface area contributed by atoms with Crippen molar-refractivity contribution in [1.82, 2.24) is 10.6 Å². The van der Waals surface area contributed by atoms with E-state index in [1.807, 2.05) is 35.0 Å². The Kier molecular flexibility index (Phi) is 8.01. The highest BCUT2D eigenvalue weighted by Gasteiger charge is 2.28. The second-order valence-electron chi connectivity index (χ2n) is 6.27. The van der Waals surface area contributed by atoms with Crippen molar-refractivity contribution in [2.24, 2.45) is 0 Å². The summed E-state index contributed by atoms with van der Waals surface area (Å²) in [6.45, 7) is 0.524. The Hall–Kier alpha value is -2.39. The lowest BCUT2D eigenvalue weighted by Gasteiger charge is -2.15. The van der Waals surface area contributed by atoms with E-state index in [1.165, 1.54) is 5.56 Å². The summed E-state index contributed by atoms with van der Waals surface area (Å²) in [6, 6.07) is 10.7. The number of urea groups is 1. The van der Waals surface area contributed by atoms with Crippen LogP contribution in [0, 0.1) is 0 Å². The van der Waals surface area contributed by atoms with Gasteiger partial charge in [-0.2, -0.15) is 13.2 Å². The summed E-state index contributed by atoms with van der Waals surface area (Å²) in [5, 5.41) is 7.22. The third-order valence-electron chi connectivity index (χ3n) is 3.97. The number of carbonyl (C=O) groups is 2. The minimum Gasteiger partial charge on any atom is -0.329 e. The van der Waals surface area contributed by atoms with E-state index in [9.17, 15) is 22.8 Å². The molecule has 152 valence electrons. The zero-order valence-corrected chi connectivity index (χ0v) is 16.2. The van der Waals surface area contributed by atoms with Gasteiger partial charge in [-0.05, 0) is 23.4 Å². The number of benzene rings is 1. The number of quaternary nitrogens is 1. The van der Waals surface area contributed by atoms with Gasteiger partial charge in [-0.3, -0.25) is 10.1 Å². The van der Waals surface area contributed by atoms with E-state index in [0.717, 1.165) is 23.3 Å². The molecule has 4 N–H and O–H groups in total. The predicted molar refractivity (Wildman–Crippen MR) is 101 cm³/mol. The number of carbonyl (C=O) groups excluding carboxylic acids is 2. The quantitative estimate of drug-likeness (QED) is 0.621. The lowest BCUT2D eigenvalue weighted by atomic mass is 10.0. The molecule has 0 unspecified atom stereocenters. The Morgan fingerprint density at radius 2 is 1.89 bits per heavy atom. The highest BCUT2D eigenvalue weighted by atomic mass is 32.1. The molecule has 1 aromatic heterocycles. The highest BCUT2D eigenvalue weighted by Crippen LogP contribution is 2.23. The molecular weight excluding hydrogens is 391 g/mol. The number of halogens is 3. The van der Waals surface area contributed by atoms with Crippen LogP contribution in [0.3, 0.4) is 0 Å². The lowest BCUT2D eigenvalue weighted by molar-refractivity contribution is -0.676. The number of aryl methyl sites for hydroxylation is 1. The second kappa shape index (κ2) is 10.2. The van der Waals surface area contributed by atoms with E-state index in [-0.39, 0.29) is 12.6 Å². The molecule has 28 heavy (non-hydrogen) atoms. The van der Waals surface area contributed by atoms with E-state index in [1.54, 1.807) is 22.0 Å². The first-order valence-electron chi connectivity index (χ1n) is 8.88. The summed E-state index contributed by atoms with van der Waals surface area (Å²) < 4.78 is 36.3.